The van der Waals surface area contributed by atoms with Crippen LogP contribution in [0.4, 0.5) is 0 Å². The highest BCUT2D eigenvalue weighted by Crippen LogP contribution is 2.36. The van der Waals surface area contributed by atoms with Crippen LogP contribution >= 0.6 is 23.4 Å². The van der Waals surface area contributed by atoms with Crippen molar-refractivity contribution in [3.8, 4) is 5.75 Å². The molecule has 0 aliphatic carbocycles. The first-order valence-corrected chi connectivity index (χ1v) is 4.97. The van der Waals surface area contributed by atoms with Crippen LogP contribution in [0.2, 0.25) is 5.02 Å². The highest BCUT2D eigenvalue weighted by molar-refractivity contribution is 7.98. The standard InChI is InChI=1S/C8H7ClO3S/c1-13-7-5(9)3-2-4(6(7)10)8(11)12/h2-3,10H,1H3,(H,11,12). The Labute approximate surface area is 84.3 Å². The van der Waals surface area contributed by atoms with Crippen LogP contribution < -0.4 is 0 Å². The number of benzene rings is 1. The predicted molar refractivity (Wildman–Crippen MR) is 51.9 cm³/mol. The van der Waals surface area contributed by atoms with Gasteiger partial charge in [0.05, 0.1) is 9.92 Å². The number of phenols is 1. The Bertz CT molecular complexity index is 351. The summed E-state index contributed by atoms with van der Waals surface area (Å²) in [5.74, 6) is -1.43. The molecule has 0 spiro atoms. The van der Waals surface area contributed by atoms with Gasteiger partial charge < -0.3 is 10.2 Å². The van der Waals surface area contributed by atoms with Crippen molar-refractivity contribution in [3.05, 3.63) is 22.7 Å². The zero-order valence-corrected chi connectivity index (χ0v) is 8.32. The minimum atomic E-state index is -1.16. The summed E-state index contributed by atoms with van der Waals surface area (Å²) in [6.45, 7) is 0. The Morgan fingerprint density at radius 1 is 1.54 bits per heavy atom. The molecule has 2 N–H and O–H groups in total. The molecule has 0 heterocycles. The lowest BCUT2D eigenvalue weighted by Crippen LogP contribution is -1.97. The van der Waals surface area contributed by atoms with E-state index in [1.165, 1.54) is 23.9 Å². The van der Waals surface area contributed by atoms with Crippen LogP contribution in [0.3, 0.4) is 0 Å². The summed E-state index contributed by atoms with van der Waals surface area (Å²) in [7, 11) is 0. The smallest absolute Gasteiger partial charge is 0.339 e. The van der Waals surface area contributed by atoms with Gasteiger partial charge in [0, 0.05) is 0 Å². The minimum absolute atomic E-state index is 0.131. The largest absolute Gasteiger partial charge is 0.506 e. The first-order valence-electron chi connectivity index (χ1n) is 3.36. The summed E-state index contributed by atoms with van der Waals surface area (Å²) < 4.78 is 0. The molecule has 0 radical (unpaired) electrons. The SMILES string of the molecule is CSc1c(Cl)ccc(C(=O)O)c1O. The number of carboxylic acids is 1. The van der Waals surface area contributed by atoms with Crippen LogP contribution in [0.25, 0.3) is 0 Å². The molecular formula is C8H7ClO3S. The van der Waals surface area contributed by atoms with E-state index in [1.807, 2.05) is 0 Å². The third kappa shape index (κ3) is 1.89. The predicted octanol–water partition coefficient (Wildman–Crippen LogP) is 2.47. The summed E-state index contributed by atoms with van der Waals surface area (Å²) in [4.78, 5) is 11.0. The van der Waals surface area contributed by atoms with Gasteiger partial charge in [-0.05, 0) is 18.4 Å². The first kappa shape index (κ1) is 10.2. The van der Waals surface area contributed by atoms with Crippen LogP contribution in [0.1, 0.15) is 10.4 Å². The van der Waals surface area contributed by atoms with E-state index in [4.69, 9.17) is 16.7 Å². The summed E-state index contributed by atoms with van der Waals surface area (Å²) in [5, 5.41) is 18.5. The second-order valence-corrected chi connectivity index (χ2v) is 3.51. The van der Waals surface area contributed by atoms with Crippen molar-refractivity contribution < 1.29 is 15.0 Å². The van der Waals surface area contributed by atoms with Crippen molar-refractivity contribution in [1.29, 1.82) is 0 Å². The molecule has 0 aliphatic heterocycles. The second-order valence-electron chi connectivity index (χ2n) is 2.28. The topological polar surface area (TPSA) is 57.5 Å². The zero-order chi connectivity index (χ0) is 10.0. The van der Waals surface area contributed by atoms with Crippen LogP contribution in [0.15, 0.2) is 17.0 Å². The molecule has 0 unspecified atom stereocenters. The summed E-state index contributed by atoms with van der Waals surface area (Å²) >= 11 is 6.94. The van der Waals surface area contributed by atoms with Crippen molar-refractivity contribution >= 4 is 29.3 Å². The highest BCUT2D eigenvalue weighted by Gasteiger charge is 2.15. The van der Waals surface area contributed by atoms with E-state index in [0.29, 0.717) is 9.92 Å². The Morgan fingerprint density at radius 2 is 2.15 bits per heavy atom. The molecule has 0 atom stereocenters. The van der Waals surface area contributed by atoms with Gasteiger partial charge in [0.15, 0.2) is 0 Å². The van der Waals surface area contributed by atoms with Gasteiger partial charge in [0.2, 0.25) is 0 Å². The Morgan fingerprint density at radius 3 is 2.62 bits per heavy atom. The molecule has 0 saturated heterocycles. The van der Waals surface area contributed by atoms with Gasteiger partial charge in [-0.3, -0.25) is 0 Å². The average Bonchev–Trinajstić information content (AvgIpc) is 2.04. The number of aromatic carboxylic acids is 1. The summed E-state index contributed by atoms with van der Waals surface area (Å²) in [5.41, 5.74) is -0.131. The van der Waals surface area contributed by atoms with Crippen LogP contribution in [0.5, 0.6) is 5.75 Å². The maximum Gasteiger partial charge on any atom is 0.339 e. The monoisotopic (exact) mass is 218 g/mol. The van der Waals surface area contributed by atoms with Gasteiger partial charge in [-0.2, -0.15) is 0 Å². The van der Waals surface area contributed by atoms with Crippen LogP contribution in [0, 0.1) is 0 Å². The molecule has 0 bridgehead atoms. The van der Waals surface area contributed by atoms with Crippen molar-refractivity contribution in [2.45, 2.75) is 4.90 Å². The van der Waals surface area contributed by atoms with Gasteiger partial charge in [0.1, 0.15) is 11.3 Å². The molecule has 0 aromatic heterocycles. The molecule has 0 amide bonds. The minimum Gasteiger partial charge on any atom is -0.506 e. The van der Waals surface area contributed by atoms with Gasteiger partial charge in [0.25, 0.3) is 0 Å². The average molecular weight is 219 g/mol. The molecule has 70 valence electrons. The molecule has 1 aromatic rings. The number of rotatable bonds is 2. The lowest BCUT2D eigenvalue weighted by Gasteiger charge is -2.05. The molecular weight excluding hydrogens is 212 g/mol. The third-order valence-electron chi connectivity index (χ3n) is 1.52. The highest BCUT2D eigenvalue weighted by atomic mass is 35.5. The zero-order valence-electron chi connectivity index (χ0n) is 6.74. The molecule has 5 heteroatoms. The van der Waals surface area contributed by atoms with Gasteiger partial charge in [-0.25, -0.2) is 4.79 Å². The second kappa shape index (κ2) is 3.89. The van der Waals surface area contributed by atoms with E-state index in [2.05, 4.69) is 0 Å². The van der Waals surface area contributed by atoms with E-state index in [0.717, 1.165) is 0 Å². The van der Waals surface area contributed by atoms with Crippen molar-refractivity contribution in [3.63, 3.8) is 0 Å². The molecule has 1 aromatic carbocycles. The number of halogens is 1. The number of aromatic hydroxyl groups is 1. The van der Waals surface area contributed by atoms with Gasteiger partial charge in [-0.15, -0.1) is 11.8 Å². The van der Waals surface area contributed by atoms with Crippen molar-refractivity contribution in [2.24, 2.45) is 0 Å². The fraction of sp³-hybridized carbons (Fsp3) is 0.125. The van der Waals surface area contributed by atoms with Crippen LogP contribution in [-0.2, 0) is 0 Å². The first-order chi connectivity index (χ1) is 6.07. The lowest BCUT2D eigenvalue weighted by atomic mass is 10.2. The summed E-state index contributed by atoms with van der Waals surface area (Å²) in [6, 6.07) is 2.73. The van der Waals surface area contributed by atoms with Gasteiger partial charge >= 0.3 is 5.97 Å². The van der Waals surface area contributed by atoms with Gasteiger partial charge in [-0.1, -0.05) is 11.6 Å². The Kier molecular flexibility index (Phi) is 3.06. The molecule has 0 saturated carbocycles. The summed E-state index contributed by atoms with van der Waals surface area (Å²) in [6.07, 6.45) is 1.71. The van der Waals surface area contributed by atoms with E-state index < -0.39 is 5.97 Å². The van der Waals surface area contributed by atoms with Crippen LogP contribution in [-0.4, -0.2) is 22.4 Å². The Hall–Kier alpha value is -0.870. The fourth-order valence-corrected chi connectivity index (χ4v) is 1.86. The van der Waals surface area contributed by atoms with E-state index in [-0.39, 0.29) is 11.3 Å². The lowest BCUT2D eigenvalue weighted by molar-refractivity contribution is 0.0693. The molecule has 1 rings (SSSR count). The fourth-order valence-electron chi connectivity index (χ4n) is 0.913. The van der Waals surface area contributed by atoms with E-state index in [1.54, 1.807) is 6.26 Å². The number of carbonyl (C=O) groups is 1. The molecule has 0 fully saturated rings. The van der Waals surface area contributed by atoms with E-state index in [9.17, 15) is 9.90 Å². The Balaban J connectivity index is 3.35. The van der Waals surface area contributed by atoms with E-state index >= 15 is 0 Å². The number of hydrogen-bond acceptors (Lipinski definition) is 3. The quantitative estimate of drug-likeness (QED) is 0.749. The van der Waals surface area contributed by atoms with Crippen molar-refractivity contribution in [1.82, 2.24) is 0 Å². The third-order valence-corrected chi connectivity index (χ3v) is 2.77. The number of thioether (sulfide) groups is 1. The van der Waals surface area contributed by atoms with Crippen molar-refractivity contribution in [2.75, 3.05) is 6.26 Å². The molecule has 13 heavy (non-hydrogen) atoms. The molecule has 0 aliphatic rings. The maximum absolute atomic E-state index is 10.6. The number of carboxylic acid groups (broad SMARTS) is 1. The number of hydrogen-bond donors (Lipinski definition) is 2. The molecule has 3 nitrogen and oxygen atoms in total. The normalized spacial score (nSPS) is 10.0. The maximum atomic E-state index is 10.6.